The number of nitrogens with one attached hydrogen (secondary N) is 1. The molecule has 182 valence electrons. The van der Waals surface area contributed by atoms with Gasteiger partial charge in [0.15, 0.2) is 17.2 Å². The molecule has 0 unspecified atom stereocenters. The number of ether oxygens (including phenoxy) is 2. The number of aromatic amines is 1. The van der Waals surface area contributed by atoms with Crippen molar-refractivity contribution in [1.82, 2.24) is 13.9 Å². The van der Waals surface area contributed by atoms with Gasteiger partial charge in [0.1, 0.15) is 0 Å². The Morgan fingerprint density at radius 1 is 1.00 bits per heavy atom. The predicted molar refractivity (Wildman–Crippen MR) is 132 cm³/mol. The Bertz CT molecular complexity index is 1710. The molecular formula is C26H20FN3O5S. The number of hydrogen-bond donors (Lipinski definition) is 1. The highest BCUT2D eigenvalue weighted by Crippen LogP contribution is 2.36. The summed E-state index contributed by atoms with van der Waals surface area (Å²) < 4.78 is 52.6. The van der Waals surface area contributed by atoms with E-state index in [2.05, 4.69) is 9.97 Å². The van der Waals surface area contributed by atoms with Crippen LogP contribution in [0.3, 0.4) is 0 Å². The largest absolute Gasteiger partial charge is 0.494 e. The minimum Gasteiger partial charge on any atom is -0.494 e. The minimum absolute atomic E-state index is 0.0222. The zero-order chi connectivity index (χ0) is 25.4. The van der Waals surface area contributed by atoms with Crippen molar-refractivity contribution in [2.45, 2.75) is 4.90 Å². The monoisotopic (exact) mass is 505 g/mol. The first-order valence-electron chi connectivity index (χ1n) is 10.8. The van der Waals surface area contributed by atoms with Crippen LogP contribution in [0.2, 0.25) is 0 Å². The van der Waals surface area contributed by atoms with Crippen molar-refractivity contribution < 1.29 is 27.1 Å². The van der Waals surface area contributed by atoms with Gasteiger partial charge in [0.05, 0.1) is 30.4 Å². The molecule has 3 heterocycles. The number of halogens is 1. The van der Waals surface area contributed by atoms with Crippen molar-refractivity contribution in [3.63, 3.8) is 0 Å². The van der Waals surface area contributed by atoms with Crippen molar-refractivity contribution in [2.24, 2.45) is 0 Å². The summed E-state index contributed by atoms with van der Waals surface area (Å²) in [5, 5.41) is 0.521. The Kier molecular flexibility index (Phi) is 5.81. The number of nitrogens with zero attached hydrogens (tertiary/aromatic N) is 2. The van der Waals surface area contributed by atoms with Gasteiger partial charge in [-0.25, -0.2) is 26.6 Å². The first-order valence-corrected chi connectivity index (χ1v) is 12.2. The number of carbonyl (C=O) groups excluding carboxylic acids is 1. The van der Waals surface area contributed by atoms with Gasteiger partial charge in [-0.05, 0) is 42.5 Å². The lowest BCUT2D eigenvalue weighted by Gasteiger charge is -2.08. The topological polar surface area (TPSA) is 103 Å². The third-order valence-electron chi connectivity index (χ3n) is 5.82. The van der Waals surface area contributed by atoms with Gasteiger partial charge in [0.2, 0.25) is 0 Å². The number of pyridine rings is 1. The Labute approximate surface area is 206 Å². The number of carbonyl (C=O) groups is 1. The molecule has 0 fully saturated rings. The average Bonchev–Trinajstić information content (AvgIpc) is 3.54. The Hall–Kier alpha value is -4.44. The molecular weight excluding hydrogens is 485 g/mol. The number of fused-ring (bicyclic) bond motifs is 1. The number of aromatic nitrogens is 3. The van der Waals surface area contributed by atoms with Crippen LogP contribution >= 0.6 is 0 Å². The molecule has 10 heteroatoms. The van der Waals surface area contributed by atoms with Crippen molar-refractivity contribution in [1.29, 1.82) is 0 Å². The van der Waals surface area contributed by atoms with Gasteiger partial charge in [0, 0.05) is 34.6 Å². The van der Waals surface area contributed by atoms with Crippen molar-refractivity contribution in [2.75, 3.05) is 14.2 Å². The highest BCUT2D eigenvalue weighted by molar-refractivity contribution is 7.90. The maximum absolute atomic E-state index is 15.1. The van der Waals surface area contributed by atoms with E-state index in [0.29, 0.717) is 16.6 Å². The number of hydrogen-bond acceptors (Lipinski definition) is 6. The van der Waals surface area contributed by atoms with E-state index < -0.39 is 21.8 Å². The molecule has 1 N–H and O–H groups in total. The lowest BCUT2D eigenvalue weighted by Crippen LogP contribution is -2.12. The molecule has 0 atom stereocenters. The summed E-state index contributed by atoms with van der Waals surface area (Å²) in [5.41, 5.74) is 1.67. The molecule has 36 heavy (non-hydrogen) atoms. The molecule has 0 saturated carbocycles. The fourth-order valence-electron chi connectivity index (χ4n) is 4.09. The zero-order valence-electron chi connectivity index (χ0n) is 19.2. The Morgan fingerprint density at radius 3 is 2.50 bits per heavy atom. The van der Waals surface area contributed by atoms with E-state index in [0.717, 1.165) is 3.97 Å². The molecule has 5 aromatic rings. The van der Waals surface area contributed by atoms with E-state index in [4.69, 9.17) is 9.47 Å². The fourth-order valence-corrected chi connectivity index (χ4v) is 5.42. The van der Waals surface area contributed by atoms with Gasteiger partial charge in [-0.2, -0.15) is 0 Å². The van der Waals surface area contributed by atoms with Gasteiger partial charge in [-0.3, -0.25) is 0 Å². The third-order valence-corrected chi connectivity index (χ3v) is 7.50. The quantitative estimate of drug-likeness (QED) is 0.330. The molecule has 0 radical (unpaired) electrons. The summed E-state index contributed by atoms with van der Waals surface area (Å²) in [4.78, 5) is 20.1. The van der Waals surface area contributed by atoms with Crippen molar-refractivity contribution in [3.8, 4) is 28.3 Å². The SMILES string of the molecule is COC(=O)c1cc(-c2ccnc3c2ccn3S(=O)(=O)c2ccccc2)[nH]c1-c1cccc(OC)c1F. The maximum Gasteiger partial charge on any atom is 0.340 e. The van der Waals surface area contributed by atoms with E-state index in [-0.39, 0.29) is 33.1 Å². The predicted octanol–water partition coefficient (Wildman–Crippen LogP) is 4.87. The molecule has 0 saturated heterocycles. The highest BCUT2D eigenvalue weighted by atomic mass is 32.2. The van der Waals surface area contributed by atoms with Crippen LogP contribution in [0.15, 0.2) is 84.0 Å². The summed E-state index contributed by atoms with van der Waals surface area (Å²) >= 11 is 0. The Morgan fingerprint density at radius 2 is 1.78 bits per heavy atom. The minimum atomic E-state index is -3.89. The normalized spacial score (nSPS) is 11.5. The number of methoxy groups -OCH3 is 2. The van der Waals surface area contributed by atoms with E-state index in [1.165, 1.54) is 56.9 Å². The molecule has 8 nitrogen and oxygen atoms in total. The van der Waals surface area contributed by atoms with Crippen LogP contribution in [0.25, 0.3) is 33.5 Å². The second-order valence-electron chi connectivity index (χ2n) is 7.81. The lowest BCUT2D eigenvalue weighted by molar-refractivity contribution is 0.0602. The van der Waals surface area contributed by atoms with Crippen LogP contribution in [0.1, 0.15) is 10.4 Å². The van der Waals surface area contributed by atoms with Gasteiger partial charge in [-0.15, -0.1) is 0 Å². The standard InChI is InChI=1S/C26H20FN3O5S/c1-34-22-10-6-9-19(23(22)27)24-20(26(31)35-2)15-21(29-24)17-11-13-28-25-18(17)12-14-30(25)36(32,33)16-7-4-3-5-8-16/h3-15,29H,1-2H3. The molecule has 0 aliphatic rings. The average molecular weight is 506 g/mol. The van der Waals surface area contributed by atoms with Crippen LogP contribution in [0.4, 0.5) is 4.39 Å². The number of esters is 1. The van der Waals surface area contributed by atoms with Gasteiger partial charge in [0.25, 0.3) is 10.0 Å². The van der Waals surface area contributed by atoms with Gasteiger partial charge in [-0.1, -0.05) is 24.3 Å². The van der Waals surface area contributed by atoms with Crippen LogP contribution in [0, 0.1) is 5.82 Å². The molecule has 0 bridgehead atoms. The highest BCUT2D eigenvalue weighted by Gasteiger charge is 2.24. The van der Waals surface area contributed by atoms with Crippen LogP contribution in [0.5, 0.6) is 5.75 Å². The Balaban J connectivity index is 1.70. The van der Waals surface area contributed by atoms with Crippen LogP contribution < -0.4 is 4.74 Å². The summed E-state index contributed by atoms with van der Waals surface area (Å²) in [6.45, 7) is 0. The number of benzene rings is 2. The lowest BCUT2D eigenvalue weighted by atomic mass is 10.1. The molecule has 3 aromatic heterocycles. The molecule has 0 aliphatic carbocycles. The second-order valence-corrected chi connectivity index (χ2v) is 9.63. The maximum atomic E-state index is 15.1. The number of rotatable bonds is 6. The van der Waals surface area contributed by atoms with Gasteiger partial charge >= 0.3 is 5.97 Å². The van der Waals surface area contributed by atoms with Crippen LogP contribution in [-0.4, -0.2) is 42.5 Å². The first-order chi connectivity index (χ1) is 17.4. The van der Waals surface area contributed by atoms with Crippen molar-refractivity contribution >= 4 is 27.0 Å². The fraction of sp³-hybridized carbons (Fsp3) is 0.0769. The first kappa shape index (κ1) is 23.3. The second kappa shape index (κ2) is 8.97. The summed E-state index contributed by atoms with van der Waals surface area (Å²) in [6, 6.07) is 17.5. The molecule has 0 aliphatic heterocycles. The molecule has 0 amide bonds. The molecule has 2 aromatic carbocycles. The third kappa shape index (κ3) is 3.72. The summed E-state index contributed by atoms with van der Waals surface area (Å²) in [7, 11) is -1.30. The van der Waals surface area contributed by atoms with Crippen molar-refractivity contribution in [3.05, 3.63) is 90.5 Å². The zero-order valence-corrected chi connectivity index (χ0v) is 20.0. The number of H-pyrrole nitrogens is 1. The van der Waals surface area contributed by atoms with E-state index in [9.17, 15) is 13.2 Å². The smallest absolute Gasteiger partial charge is 0.340 e. The molecule has 5 rings (SSSR count). The van der Waals surface area contributed by atoms with E-state index >= 15 is 4.39 Å². The van der Waals surface area contributed by atoms with E-state index in [1.54, 1.807) is 36.4 Å². The summed E-state index contributed by atoms with van der Waals surface area (Å²) in [5.74, 6) is -1.28. The van der Waals surface area contributed by atoms with Gasteiger partial charge < -0.3 is 14.5 Å². The van der Waals surface area contributed by atoms with Crippen LogP contribution in [-0.2, 0) is 14.8 Å². The molecule has 0 spiro atoms. The van der Waals surface area contributed by atoms with E-state index in [1.807, 2.05) is 0 Å². The summed E-state index contributed by atoms with van der Waals surface area (Å²) in [6.07, 6.45) is 2.90.